The first-order valence-corrected chi connectivity index (χ1v) is 16.0. The molecule has 5 heterocycles. The van der Waals surface area contributed by atoms with E-state index in [2.05, 4.69) is 43.7 Å². The number of hydrogen-bond donors (Lipinski definition) is 2. The lowest BCUT2D eigenvalue weighted by molar-refractivity contribution is 0.0398. The van der Waals surface area contributed by atoms with Gasteiger partial charge in [0.05, 0.1) is 48.6 Å². The number of nitrogens with one attached hydrogen (secondary N) is 2. The average molecular weight is 599 g/mol. The molecule has 0 radical (unpaired) electrons. The van der Waals surface area contributed by atoms with Gasteiger partial charge in [0.1, 0.15) is 0 Å². The SMILES string of the molecule is Cc1cc2cc(n1)-c1cnn(C)c1OCCCC(CC1CC1)CN1/C(=N/C2=O)Nc2cc(NCCN3CCOCC3)ccc21. The van der Waals surface area contributed by atoms with Crippen LogP contribution in [0.25, 0.3) is 11.3 Å². The van der Waals surface area contributed by atoms with E-state index in [1.807, 2.05) is 14.0 Å². The molecule has 0 spiro atoms. The standard InChI is InChI=1S/C33H42N8O3/c1-22-16-25-18-28(36-22)27-20-35-39(2)32(27)44-13-3-4-24(17-23-5-6-23)21-41-30-8-7-26(19-29(30)37-33(41)38-31(25)42)34-9-10-40-11-14-43-15-12-40/h7-8,16,18-20,23-24,34H,3-6,9-15,17,21H2,1-2H3,(H,37,38,42). The van der Waals surface area contributed by atoms with Crippen LogP contribution in [0.3, 0.4) is 0 Å². The van der Waals surface area contributed by atoms with Crippen LogP contribution >= 0.6 is 0 Å². The first-order chi connectivity index (χ1) is 21.5. The Balaban J connectivity index is 1.18. The maximum Gasteiger partial charge on any atom is 0.280 e. The first-order valence-electron chi connectivity index (χ1n) is 16.0. The van der Waals surface area contributed by atoms with Crippen LogP contribution in [-0.4, -0.2) is 84.1 Å². The Morgan fingerprint density at radius 3 is 2.77 bits per heavy atom. The van der Waals surface area contributed by atoms with Crippen molar-refractivity contribution in [2.75, 3.05) is 68.1 Å². The lowest BCUT2D eigenvalue weighted by atomic mass is 9.96. The number of aliphatic imine (C=N–C) groups is 1. The van der Waals surface area contributed by atoms with Crippen molar-refractivity contribution in [2.45, 2.75) is 39.0 Å². The highest BCUT2D eigenvalue weighted by Gasteiger charge is 2.32. The quantitative estimate of drug-likeness (QED) is 0.422. The van der Waals surface area contributed by atoms with Crippen molar-refractivity contribution in [3.05, 3.63) is 47.8 Å². The van der Waals surface area contributed by atoms with E-state index < -0.39 is 0 Å². The van der Waals surface area contributed by atoms with E-state index in [1.54, 1.807) is 23.0 Å². The van der Waals surface area contributed by atoms with Gasteiger partial charge in [-0.3, -0.25) is 14.7 Å². The summed E-state index contributed by atoms with van der Waals surface area (Å²) in [4.78, 5) is 27.8. The smallest absolute Gasteiger partial charge is 0.280 e. The molecule has 232 valence electrons. The van der Waals surface area contributed by atoms with Crippen molar-refractivity contribution >= 4 is 28.9 Å². The Hall–Kier alpha value is -3.96. The van der Waals surface area contributed by atoms with Gasteiger partial charge in [-0.25, -0.2) is 4.68 Å². The van der Waals surface area contributed by atoms with E-state index >= 15 is 0 Å². The topological polar surface area (TPSA) is 109 Å². The molecule has 1 amide bonds. The number of carbonyl (C=O) groups is 1. The molecule has 11 heteroatoms. The number of rotatable bonds is 6. The number of ether oxygens (including phenoxy) is 2. The van der Waals surface area contributed by atoms with Gasteiger partial charge >= 0.3 is 0 Å². The number of hydrogen-bond acceptors (Lipinski definition) is 9. The number of aryl methyl sites for hydroxylation is 2. The number of benzene rings is 1. The fourth-order valence-corrected chi connectivity index (χ4v) is 6.51. The van der Waals surface area contributed by atoms with Gasteiger partial charge in [0.2, 0.25) is 11.8 Å². The van der Waals surface area contributed by atoms with Gasteiger partial charge in [0.25, 0.3) is 5.91 Å². The second-order valence-corrected chi connectivity index (χ2v) is 12.5. The van der Waals surface area contributed by atoms with E-state index in [0.717, 1.165) is 93.0 Å². The number of nitrogens with zero attached hydrogens (tertiary/aromatic N) is 6. The van der Waals surface area contributed by atoms with Crippen molar-refractivity contribution in [3.63, 3.8) is 0 Å². The number of morpholine rings is 1. The number of pyridine rings is 1. The van der Waals surface area contributed by atoms with Crippen LogP contribution in [0, 0.1) is 18.8 Å². The summed E-state index contributed by atoms with van der Waals surface area (Å²) in [5.74, 6) is 2.19. The minimum Gasteiger partial charge on any atom is -0.477 e. The summed E-state index contributed by atoms with van der Waals surface area (Å²) in [5.41, 5.74) is 5.74. The molecule has 2 aromatic heterocycles. The zero-order chi connectivity index (χ0) is 30.0. The van der Waals surface area contributed by atoms with Gasteiger partial charge in [-0.1, -0.05) is 12.8 Å². The summed E-state index contributed by atoms with van der Waals surface area (Å²) in [7, 11) is 1.87. The number of amides is 1. The van der Waals surface area contributed by atoms with Gasteiger partial charge in [0, 0.05) is 56.7 Å². The highest BCUT2D eigenvalue weighted by Crippen LogP contribution is 2.40. The molecule has 3 aliphatic heterocycles. The highest BCUT2D eigenvalue weighted by molar-refractivity contribution is 6.19. The molecule has 2 fully saturated rings. The van der Waals surface area contributed by atoms with Gasteiger partial charge < -0.3 is 25.0 Å². The molecule has 1 unspecified atom stereocenters. The summed E-state index contributed by atoms with van der Waals surface area (Å²) in [6, 6.07) is 10.0. The van der Waals surface area contributed by atoms with Gasteiger partial charge in [-0.15, -0.1) is 0 Å². The first kappa shape index (κ1) is 28.8. The minimum atomic E-state index is -0.305. The van der Waals surface area contributed by atoms with Crippen molar-refractivity contribution in [1.82, 2.24) is 19.7 Å². The van der Waals surface area contributed by atoms with Gasteiger partial charge in [-0.05, 0) is 68.4 Å². The Morgan fingerprint density at radius 1 is 1.07 bits per heavy atom. The van der Waals surface area contributed by atoms with E-state index in [9.17, 15) is 4.79 Å². The zero-order valence-electron chi connectivity index (χ0n) is 25.7. The molecule has 44 heavy (non-hydrogen) atoms. The number of fused-ring (bicyclic) bond motifs is 7. The van der Waals surface area contributed by atoms with Crippen LogP contribution in [0.5, 0.6) is 5.88 Å². The van der Waals surface area contributed by atoms with Crippen LogP contribution < -0.4 is 20.3 Å². The molecule has 1 saturated carbocycles. The molecule has 3 aromatic rings. The van der Waals surface area contributed by atoms with Crippen LogP contribution in [0.4, 0.5) is 17.1 Å². The lowest BCUT2D eigenvalue weighted by Crippen LogP contribution is -2.39. The average Bonchev–Trinajstić information content (AvgIpc) is 3.68. The van der Waals surface area contributed by atoms with E-state index in [4.69, 9.17) is 19.5 Å². The Kier molecular flexibility index (Phi) is 8.22. The molecule has 11 nitrogen and oxygen atoms in total. The molecule has 1 atom stereocenters. The molecule has 2 N–H and O–H groups in total. The third kappa shape index (κ3) is 6.44. The monoisotopic (exact) mass is 598 g/mol. The van der Waals surface area contributed by atoms with Crippen LogP contribution in [0.2, 0.25) is 0 Å². The summed E-state index contributed by atoms with van der Waals surface area (Å²) in [6.07, 6.45) is 7.51. The van der Waals surface area contributed by atoms with E-state index in [-0.39, 0.29) is 5.91 Å². The largest absolute Gasteiger partial charge is 0.477 e. The lowest BCUT2D eigenvalue weighted by Gasteiger charge is -2.26. The number of anilines is 3. The molecule has 1 aromatic carbocycles. The summed E-state index contributed by atoms with van der Waals surface area (Å²) >= 11 is 0. The maximum absolute atomic E-state index is 13.7. The molecular formula is C33H42N8O3. The third-order valence-corrected chi connectivity index (χ3v) is 9.02. The Bertz CT molecular complexity index is 1540. The molecule has 1 saturated heterocycles. The molecule has 2 bridgehead atoms. The van der Waals surface area contributed by atoms with Crippen molar-refractivity contribution < 1.29 is 14.3 Å². The molecule has 7 rings (SSSR count). The predicted molar refractivity (Wildman–Crippen MR) is 172 cm³/mol. The van der Waals surface area contributed by atoms with Crippen LogP contribution in [0.15, 0.2) is 41.5 Å². The van der Waals surface area contributed by atoms with Crippen molar-refractivity contribution in [1.29, 1.82) is 0 Å². The number of carbonyl (C=O) groups excluding carboxylic acids is 1. The van der Waals surface area contributed by atoms with Crippen molar-refractivity contribution in [2.24, 2.45) is 23.9 Å². The highest BCUT2D eigenvalue weighted by atomic mass is 16.5. The fraction of sp³-hybridized carbons (Fsp3) is 0.515. The summed E-state index contributed by atoms with van der Waals surface area (Å²) in [5, 5.41) is 11.5. The number of aromatic nitrogens is 3. The maximum atomic E-state index is 13.7. The van der Waals surface area contributed by atoms with Crippen LogP contribution in [0.1, 0.15) is 48.2 Å². The Labute approximate surface area is 258 Å². The van der Waals surface area contributed by atoms with Crippen molar-refractivity contribution in [3.8, 4) is 17.1 Å². The van der Waals surface area contributed by atoms with E-state index in [0.29, 0.717) is 35.6 Å². The predicted octanol–water partition coefficient (Wildman–Crippen LogP) is 4.55. The molecule has 4 aliphatic rings. The van der Waals surface area contributed by atoms with Crippen LogP contribution in [-0.2, 0) is 11.8 Å². The van der Waals surface area contributed by atoms with E-state index in [1.165, 1.54) is 19.3 Å². The number of guanidine groups is 1. The fourth-order valence-electron chi connectivity index (χ4n) is 6.51. The third-order valence-electron chi connectivity index (χ3n) is 9.02. The summed E-state index contributed by atoms with van der Waals surface area (Å²) < 4.78 is 13.5. The summed E-state index contributed by atoms with van der Waals surface area (Å²) in [6.45, 7) is 8.68. The molecule has 1 aliphatic carbocycles. The normalized spacial score (nSPS) is 22.0. The second kappa shape index (κ2) is 12.6. The zero-order valence-corrected chi connectivity index (χ0v) is 25.7. The molecular weight excluding hydrogens is 556 g/mol. The van der Waals surface area contributed by atoms with Gasteiger partial charge in [-0.2, -0.15) is 10.1 Å². The van der Waals surface area contributed by atoms with Gasteiger partial charge in [0.15, 0.2) is 0 Å². The minimum absolute atomic E-state index is 0.305. The second-order valence-electron chi connectivity index (χ2n) is 12.5. The Morgan fingerprint density at radius 2 is 1.93 bits per heavy atom.